The van der Waals surface area contributed by atoms with Gasteiger partial charge in [-0.1, -0.05) is 23.7 Å². The molecule has 1 aliphatic carbocycles. The molecule has 2 atom stereocenters. The lowest BCUT2D eigenvalue weighted by Crippen LogP contribution is -2.31. The summed E-state index contributed by atoms with van der Waals surface area (Å²) >= 11 is 5.85. The van der Waals surface area contributed by atoms with Gasteiger partial charge in [-0.25, -0.2) is 9.97 Å². The Hall–Kier alpha value is -1.69. The van der Waals surface area contributed by atoms with E-state index in [1.165, 1.54) is 0 Å². The second-order valence-electron chi connectivity index (χ2n) is 5.50. The minimum Gasteiger partial charge on any atom is -0.394 e. The Morgan fingerprint density at radius 1 is 1.23 bits per heavy atom. The molecule has 1 aromatic carbocycles. The molecule has 5 nitrogen and oxygen atoms in total. The number of hydrogen-bond donors (Lipinski definition) is 3. The molecule has 2 unspecified atom stereocenters. The Kier molecular flexibility index (Phi) is 4.57. The van der Waals surface area contributed by atoms with E-state index in [0.717, 1.165) is 18.7 Å². The number of hydrogen-bond acceptors (Lipinski definition) is 5. The summed E-state index contributed by atoms with van der Waals surface area (Å²) in [6.07, 6.45) is 3.09. The summed E-state index contributed by atoms with van der Waals surface area (Å²) < 4.78 is 0. The van der Waals surface area contributed by atoms with Gasteiger partial charge in [0.2, 0.25) is 0 Å². The van der Waals surface area contributed by atoms with Crippen molar-refractivity contribution in [2.45, 2.75) is 30.9 Å². The minimum atomic E-state index is -0.860. The fourth-order valence-electron chi connectivity index (χ4n) is 2.30. The van der Waals surface area contributed by atoms with Crippen LogP contribution in [-0.2, 0) is 0 Å². The SMILES string of the molecule is OCC(Nc1ccnc(C2CC2)n1)C(O)c1ccc(Cl)cc1. The normalized spacial score (nSPS) is 17.0. The third kappa shape index (κ3) is 3.55. The molecule has 0 aliphatic heterocycles. The number of rotatable bonds is 6. The molecule has 0 bridgehead atoms. The molecule has 116 valence electrons. The second kappa shape index (κ2) is 6.60. The van der Waals surface area contributed by atoms with E-state index in [9.17, 15) is 10.2 Å². The largest absolute Gasteiger partial charge is 0.394 e. The lowest BCUT2D eigenvalue weighted by atomic mass is 10.0. The van der Waals surface area contributed by atoms with Crippen LogP contribution in [0.1, 0.15) is 36.3 Å². The van der Waals surface area contributed by atoms with Crippen LogP contribution in [0.4, 0.5) is 5.82 Å². The van der Waals surface area contributed by atoms with E-state index in [0.29, 0.717) is 22.3 Å². The van der Waals surface area contributed by atoms with Gasteiger partial charge in [-0.3, -0.25) is 0 Å². The van der Waals surface area contributed by atoms with Crippen molar-refractivity contribution < 1.29 is 10.2 Å². The molecular weight excluding hydrogens is 302 g/mol. The molecule has 1 saturated carbocycles. The van der Waals surface area contributed by atoms with E-state index in [1.807, 2.05) is 0 Å². The number of aromatic nitrogens is 2. The van der Waals surface area contributed by atoms with Crippen LogP contribution in [0.15, 0.2) is 36.5 Å². The Morgan fingerprint density at radius 3 is 2.59 bits per heavy atom. The molecule has 22 heavy (non-hydrogen) atoms. The standard InChI is InChI=1S/C16H18ClN3O2/c17-12-5-3-10(4-6-12)15(22)13(9-21)19-14-7-8-18-16(20-14)11-1-2-11/h3-8,11,13,15,21-22H,1-2,9H2,(H,18,19,20). The van der Waals surface area contributed by atoms with Gasteiger partial charge in [-0.15, -0.1) is 0 Å². The zero-order chi connectivity index (χ0) is 15.5. The van der Waals surface area contributed by atoms with Crippen LogP contribution < -0.4 is 5.32 Å². The molecule has 1 heterocycles. The summed E-state index contributed by atoms with van der Waals surface area (Å²) in [5.41, 5.74) is 0.687. The highest BCUT2D eigenvalue weighted by molar-refractivity contribution is 6.30. The Labute approximate surface area is 134 Å². The Morgan fingerprint density at radius 2 is 1.95 bits per heavy atom. The van der Waals surface area contributed by atoms with E-state index in [4.69, 9.17) is 11.6 Å². The Bertz CT molecular complexity index is 632. The quantitative estimate of drug-likeness (QED) is 0.762. The topological polar surface area (TPSA) is 78.3 Å². The Balaban J connectivity index is 1.73. The number of aliphatic hydroxyl groups excluding tert-OH is 2. The van der Waals surface area contributed by atoms with Gasteiger partial charge in [-0.05, 0) is 36.6 Å². The van der Waals surface area contributed by atoms with Crippen molar-refractivity contribution in [1.29, 1.82) is 0 Å². The van der Waals surface area contributed by atoms with Crippen molar-refractivity contribution in [2.24, 2.45) is 0 Å². The first-order chi connectivity index (χ1) is 10.7. The first-order valence-corrected chi connectivity index (χ1v) is 7.69. The average Bonchev–Trinajstić information content (AvgIpc) is 3.38. The van der Waals surface area contributed by atoms with E-state index in [-0.39, 0.29) is 6.61 Å². The van der Waals surface area contributed by atoms with Crippen molar-refractivity contribution >= 4 is 17.4 Å². The first-order valence-electron chi connectivity index (χ1n) is 7.31. The fourth-order valence-corrected chi connectivity index (χ4v) is 2.43. The molecule has 1 fully saturated rings. The van der Waals surface area contributed by atoms with Crippen LogP contribution in [0.2, 0.25) is 5.02 Å². The van der Waals surface area contributed by atoms with Crippen molar-refractivity contribution in [3.63, 3.8) is 0 Å². The molecule has 0 saturated heterocycles. The lowest BCUT2D eigenvalue weighted by molar-refractivity contribution is 0.118. The van der Waals surface area contributed by atoms with Gasteiger partial charge in [0.1, 0.15) is 17.7 Å². The van der Waals surface area contributed by atoms with Crippen molar-refractivity contribution in [1.82, 2.24) is 9.97 Å². The number of anilines is 1. The zero-order valence-electron chi connectivity index (χ0n) is 12.0. The number of nitrogens with zero attached hydrogens (tertiary/aromatic N) is 2. The average molecular weight is 320 g/mol. The van der Waals surface area contributed by atoms with Crippen LogP contribution >= 0.6 is 11.6 Å². The van der Waals surface area contributed by atoms with Gasteiger partial charge in [0, 0.05) is 17.1 Å². The van der Waals surface area contributed by atoms with Gasteiger partial charge in [0.15, 0.2) is 0 Å². The summed E-state index contributed by atoms with van der Waals surface area (Å²) in [6, 6.07) is 8.10. The van der Waals surface area contributed by atoms with Crippen LogP contribution in [0.3, 0.4) is 0 Å². The summed E-state index contributed by atoms with van der Waals surface area (Å²) in [7, 11) is 0. The molecule has 6 heteroatoms. The van der Waals surface area contributed by atoms with Crippen molar-refractivity contribution in [3.8, 4) is 0 Å². The summed E-state index contributed by atoms with van der Waals surface area (Å²) in [5, 5.41) is 23.7. The highest BCUT2D eigenvalue weighted by atomic mass is 35.5. The summed E-state index contributed by atoms with van der Waals surface area (Å²) in [5.74, 6) is 1.89. The van der Waals surface area contributed by atoms with Crippen LogP contribution in [0.5, 0.6) is 0 Å². The molecule has 1 aliphatic rings. The van der Waals surface area contributed by atoms with Gasteiger partial charge < -0.3 is 15.5 Å². The maximum Gasteiger partial charge on any atom is 0.133 e. The predicted octanol–water partition coefficient (Wildman–Crippen LogP) is 2.51. The van der Waals surface area contributed by atoms with E-state index >= 15 is 0 Å². The molecule has 3 N–H and O–H groups in total. The summed E-state index contributed by atoms with van der Waals surface area (Å²) in [6.45, 7) is -0.216. The van der Waals surface area contributed by atoms with E-state index in [1.54, 1.807) is 36.5 Å². The van der Waals surface area contributed by atoms with Crippen molar-refractivity contribution in [3.05, 3.63) is 52.9 Å². The molecule has 0 radical (unpaired) electrons. The molecule has 0 spiro atoms. The molecule has 1 aromatic heterocycles. The summed E-state index contributed by atoms with van der Waals surface area (Å²) in [4.78, 5) is 8.70. The predicted molar refractivity (Wildman–Crippen MR) is 84.9 cm³/mol. The monoisotopic (exact) mass is 319 g/mol. The highest BCUT2D eigenvalue weighted by Gasteiger charge is 2.27. The van der Waals surface area contributed by atoms with Crippen LogP contribution in [-0.4, -0.2) is 32.8 Å². The molecule has 2 aromatic rings. The highest BCUT2D eigenvalue weighted by Crippen LogP contribution is 2.38. The zero-order valence-corrected chi connectivity index (χ0v) is 12.7. The molecular formula is C16H18ClN3O2. The fraction of sp³-hybridized carbons (Fsp3) is 0.375. The molecule has 3 rings (SSSR count). The van der Waals surface area contributed by atoms with Crippen LogP contribution in [0, 0.1) is 0 Å². The van der Waals surface area contributed by atoms with Crippen molar-refractivity contribution in [2.75, 3.05) is 11.9 Å². The number of aliphatic hydroxyl groups is 2. The smallest absolute Gasteiger partial charge is 0.133 e. The lowest BCUT2D eigenvalue weighted by Gasteiger charge is -2.23. The third-order valence-corrected chi connectivity index (χ3v) is 3.99. The first kappa shape index (κ1) is 15.2. The van der Waals surface area contributed by atoms with E-state index < -0.39 is 12.1 Å². The van der Waals surface area contributed by atoms with Gasteiger partial charge in [0.05, 0.1) is 12.6 Å². The number of nitrogens with one attached hydrogen (secondary N) is 1. The van der Waals surface area contributed by atoms with Gasteiger partial charge in [0.25, 0.3) is 0 Å². The minimum absolute atomic E-state index is 0.216. The number of halogens is 1. The second-order valence-corrected chi connectivity index (χ2v) is 5.94. The maximum atomic E-state index is 10.4. The van der Waals surface area contributed by atoms with E-state index in [2.05, 4.69) is 15.3 Å². The van der Waals surface area contributed by atoms with Gasteiger partial charge in [-0.2, -0.15) is 0 Å². The molecule has 0 amide bonds. The number of benzene rings is 1. The maximum absolute atomic E-state index is 10.4. The van der Waals surface area contributed by atoms with Crippen LogP contribution in [0.25, 0.3) is 0 Å². The van der Waals surface area contributed by atoms with Gasteiger partial charge >= 0.3 is 0 Å². The third-order valence-electron chi connectivity index (χ3n) is 3.74.